The number of para-hydroxylation sites is 2. The molecule has 30 heavy (non-hydrogen) atoms. The number of hydrogen-bond donors (Lipinski definition) is 1. The molecule has 2 fully saturated rings. The molecule has 2 saturated heterocycles. The summed E-state index contributed by atoms with van der Waals surface area (Å²) >= 11 is 0. The van der Waals surface area contributed by atoms with Crippen LogP contribution in [0.3, 0.4) is 0 Å². The van der Waals surface area contributed by atoms with Crippen molar-refractivity contribution < 1.29 is 18.7 Å². The maximum Gasteiger partial charge on any atom is 0.420 e. The van der Waals surface area contributed by atoms with Gasteiger partial charge in [0.25, 0.3) is 0 Å². The molecule has 2 aliphatic rings. The van der Waals surface area contributed by atoms with Crippen LogP contribution in [0.1, 0.15) is 19.8 Å². The van der Waals surface area contributed by atoms with Crippen LogP contribution >= 0.6 is 0 Å². The van der Waals surface area contributed by atoms with E-state index in [4.69, 9.17) is 9.15 Å². The Balaban J connectivity index is 1.45. The van der Waals surface area contributed by atoms with Crippen LogP contribution in [-0.4, -0.2) is 71.7 Å². The maximum absolute atomic E-state index is 13.0. The minimum atomic E-state index is -0.531. The van der Waals surface area contributed by atoms with Gasteiger partial charge in [-0.15, -0.1) is 0 Å². The number of oxazole rings is 1. The first-order chi connectivity index (χ1) is 14.6. The summed E-state index contributed by atoms with van der Waals surface area (Å²) in [5.41, 5.74) is 1.09. The van der Waals surface area contributed by atoms with E-state index in [0.717, 1.165) is 6.42 Å². The van der Waals surface area contributed by atoms with Crippen molar-refractivity contribution >= 4 is 23.0 Å². The van der Waals surface area contributed by atoms with Gasteiger partial charge in [0.1, 0.15) is 6.54 Å². The van der Waals surface area contributed by atoms with E-state index in [-0.39, 0.29) is 30.4 Å². The molecule has 3 heterocycles. The van der Waals surface area contributed by atoms with Crippen molar-refractivity contribution in [2.24, 2.45) is 5.92 Å². The first kappa shape index (κ1) is 20.5. The molecular weight excluding hydrogens is 388 g/mol. The summed E-state index contributed by atoms with van der Waals surface area (Å²) in [6.45, 7) is 5.22. The number of carbonyl (C=O) groups is 2. The zero-order valence-electron chi connectivity index (χ0n) is 17.2. The molecule has 3 amide bonds. The highest BCUT2D eigenvalue weighted by Crippen LogP contribution is 2.25. The number of likely N-dealkylation sites (tertiary alicyclic amines) is 1. The Kier molecular flexibility index (Phi) is 6.08. The predicted molar refractivity (Wildman–Crippen MR) is 110 cm³/mol. The molecule has 2 aliphatic heterocycles. The normalized spacial score (nSPS) is 21.9. The zero-order chi connectivity index (χ0) is 21.1. The van der Waals surface area contributed by atoms with Crippen molar-refractivity contribution in [3.8, 4) is 0 Å². The third kappa shape index (κ3) is 4.07. The number of fused-ring (bicyclic) bond motifs is 2. The second-order valence-electron chi connectivity index (χ2n) is 7.88. The lowest BCUT2D eigenvalue weighted by atomic mass is 9.91. The smallest absolute Gasteiger partial charge is 0.408 e. The van der Waals surface area contributed by atoms with E-state index < -0.39 is 5.76 Å². The minimum absolute atomic E-state index is 0.0471. The summed E-state index contributed by atoms with van der Waals surface area (Å²) in [5.74, 6) is -0.611. The summed E-state index contributed by atoms with van der Waals surface area (Å²) in [4.78, 5) is 41.4. The fraction of sp³-hybridized carbons (Fsp3) is 0.571. The molecule has 9 nitrogen and oxygen atoms in total. The lowest BCUT2D eigenvalue weighted by Crippen LogP contribution is -2.56. The number of urea groups is 1. The summed E-state index contributed by atoms with van der Waals surface area (Å²) in [7, 11) is 0. The Hall–Kier alpha value is -2.81. The summed E-state index contributed by atoms with van der Waals surface area (Å²) in [6, 6.07) is 7.07. The highest BCUT2D eigenvalue weighted by atomic mass is 16.5. The second kappa shape index (κ2) is 8.91. The molecule has 1 aromatic heterocycles. The molecule has 0 spiro atoms. The van der Waals surface area contributed by atoms with Crippen molar-refractivity contribution in [1.82, 2.24) is 19.7 Å². The average Bonchev–Trinajstić information content (AvgIpc) is 2.93. The van der Waals surface area contributed by atoms with Crippen molar-refractivity contribution in [2.45, 2.75) is 32.4 Å². The molecule has 0 saturated carbocycles. The molecular formula is C21H28N4O5. The van der Waals surface area contributed by atoms with Gasteiger partial charge in [-0.3, -0.25) is 9.36 Å². The highest BCUT2D eigenvalue weighted by Gasteiger charge is 2.38. The van der Waals surface area contributed by atoms with Crippen LogP contribution in [0.25, 0.3) is 11.1 Å². The lowest BCUT2D eigenvalue weighted by molar-refractivity contribution is -0.134. The van der Waals surface area contributed by atoms with E-state index in [1.54, 1.807) is 23.1 Å². The molecule has 9 heteroatoms. The van der Waals surface area contributed by atoms with Crippen LogP contribution in [0.4, 0.5) is 4.79 Å². The summed E-state index contributed by atoms with van der Waals surface area (Å²) < 4.78 is 12.3. The number of nitrogens with zero attached hydrogens (tertiary/aromatic N) is 3. The number of hydrogen-bond acceptors (Lipinski definition) is 5. The molecule has 0 radical (unpaired) electrons. The quantitative estimate of drug-likeness (QED) is 0.810. The molecule has 0 bridgehead atoms. The number of nitrogens with one attached hydrogen (secondary N) is 1. The number of aromatic nitrogens is 1. The van der Waals surface area contributed by atoms with E-state index in [2.05, 4.69) is 5.32 Å². The number of piperidine rings is 1. The molecule has 1 N–H and O–H groups in total. The van der Waals surface area contributed by atoms with Gasteiger partial charge in [-0.2, -0.15) is 0 Å². The van der Waals surface area contributed by atoms with Gasteiger partial charge in [0, 0.05) is 38.1 Å². The van der Waals surface area contributed by atoms with Gasteiger partial charge in [0.15, 0.2) is 5.58 Å². The average molecular weight is 416 g/mol. The maximum atomic E-state index is 13.0. The summed E-state index contributed by atoms with van der Waals surface area (Å²) in [5, 5.41) is 2.95. The Morgan fingerprint density at radius 1 is 1.23 bits per heavy atom. The second-order valence-corrected chi connectivity index (χ2v) is 7.88. The molecule has 1 aromatic carbocycles. The van der Waals surface area contributed by atoms with Gasteiger partial charge in [-0.1, -0.05) is 19.1 Å². The Labute approximate surface area is 174 Å². The van der Waals surface area contributed by atoms with Crippen LogP contribution in [0.2, 0.25) is 0 Å². The van der Waals surface area contributed by atoms with Crippen LogP contribution in [0, 0.1) is 5.92 Å². The van der Waals surface area contributed by atoms with Crippen LogP contribution in [0.5, 0.6) is 0 Å². The molecule has 162 valence electrons. The first-order valence-electron chi connectivity index (χ1n) is 10.6. The first-order valence-corrected chi connectivity index (χ1v) is 10.6. The summed E-state index contributed by atoms with van der Waals surface area (Å²) in [6.07, 6.45) is 1.58. The SMILES string of the molecule is CCCNC(=O)N1CCOC[C@H]2CN(C(=O)Cn3c(=O)oc4ccccc43)CC[C@H]21. The van der Waals surface area contributed by atoms with Gasteiger partial charge < -0.3 is 24.3 Å². The van der Waals surface area contributed by atoms with Crippen LogP contribution in [0.15, 0.2) is 33.5 Å². The fourth-order valence-corrected chi connectivity index (χ4v) is 4.37. The fourth-order valence-electron chi connectivity index (χ4n) is 4.37. The predicted octanol–water partition coefficient (Wildman–Crippen LogP) is 1.26. The van der Waals surface area contributed by atoms with Gasteiger partial charge >= 0.3 is 11.8 Å². The molecule has 0 unspecified atom stereocenters. The Morgan fingerprint density at radius 2 is 2.07 bits per heavy atom. The van der Waals surface area contributed by atoms with Gasteiger partial charge in [-0.25, -0.2) is 9.59 Å². The van der Waals surface area contributed by atoms with Crippen molar-refractivity contribution in [1.29, 1.82) is 0 Å². The van der Waals surface area contributed by atoms with Gasteiger partial charge in [0.05, 0.1) is 18.7 Å². The molecule has 2 atom stereocenters. The number of benzene rings is 1. The van der Waals surface area contributed by atoms with E-state index in [1.165, 1.54) is 4.57 Å². The highest BCUT2D eigenvalue weighted by molar-refractivity contribution is 5.80. The zero-order valence-corrected chi connectivity index (χ0v) is 17.2. The molecule has 0 aliphatic carbocycles. The number of rotatable bonds is 4. The third-order valence-electron chi connectivity index (χ3n) is 5.91. The number of amides is 3. The largest absolute Gasteiger partial charge is 0.420 e. The monoisotopic (exact) mass is 416 g/mol. The number of carbonyl (C=O) groups excluding carboxylic acids is 2. The topological polar surface area (TPSA) is 97.0 Å². The number of ether oxygens (including phenoxy) is 1. The van der Waals surface area contributed by atoms with E-state index in [1.807, 2.05) is 17.9 Å². The van der Waals surface area contributed by atoms with Gasteiger partial charge in [-0.05, 0) is 25.0 Å². The van der Waals surface area contributed by atoms with E-state index in [9.17, 15) is 14.4 Å². The van der Waals surface area contributed by atoms with Crippen LogP contribution in [-0.2, 0) is 16.1 Å². The standard InChI is InChI=1S/C21H28N4O5/c1-2-8-22-20(27)24-10-11-29-14-15-12-23(9-7-16(15)24)19(26)13-25-17-5-3-4-6-18(17)30-21(25)28/h3-6,15-16H,2,7-14H2,1H3,(H,22,27)/t15-,16-/m1/s1. The van der Waals surface area contributed by atoms with E-state index >= 15 is 0 Å². The molecule has 2 aromatic rings. The Morgan fingerprint density at radius 3 is 2.90 bits per heavy atom. The minimum Gasteiger partial charge on any atom is -0.408 e. The molecule has 4 rings (SSSR count). The van der Waals surface area contributed by atoms with Crippen molar-refractivity contribution in [3.05, 3.63) is 34.8 Å². The lowest BCUT2D eigenvalue weighted by Gasteiger charge is -2.42. The third-order valence-corrected chi connectivity index (χ3v) is 5.91. The van der Waals surface area contributed by atoms with Crippen molar-refractivity contribution in [3.63, 3.8) is 0 Å². The van der Waals surface area contributed by atoms with Crippen molar-refractivity contribution in [2.75, 3.05) is 39.4 Å². The van der Waals surface area contributed by atoms with Crippen LogP contribution < -0.4 is 11.1 Å². The van der Waals surface area contributed by atoms with E-state index in [0.29, 0.717) is 56.9 Å². The Bertz CT molecular complexity index is 968. The van der Waals surface area contributed by atoms with Gasteiger partial charge in [0.2, 0.25) is 5.91 Å².